The minimum atomic E-state index is -0.738. The molecule has 0 atom stereocenters. The predicted molar refractivity (Wildman–Crippen MR) is 108 cm³/mol. The van der Waals surface area contributed by atoms with E-state index in [-0.39, 0.29) is 17.8 Å². The van der Waals surface area contributed by atoms with Gasteiger partial charge in [-0.25, -0.2) is 14.2 Å². The molecule has 3 N–H and O–H groups in total. The van der Waals surface area contributed by atoms with Gasteiger partial charge in [0, 0.05) is 24.2 Å². The molecular weight excluding hydrogens is 375 g/mol. The van der Waals surface area contributed by atoms with Gasteiger partial charge in [-0.3, -0.25) is 5.32 Å². The van der Waals surface area contributed by atoms with Gasteiger partial charge in [-0.15, -0.1) is 0 Å². The highest BCUT2D eigenvalue weighted by Crippen LogP contribution is 2.35. The summed E-state index contributed by atoms with van der Waals surface area (Å²) in [5.74, 6) is 0.444. The SMILES string of the molecule is COc1ccc(-c2ccccc2F)c2nc(NC(=O)N3CCC(C)(O)CC3)[nH]c12. The summed E-state index contributed by atoms with van der Waals surface area (Å²) in [5, 5.41) is 12.8. The quantitative estimate of drug-likeness (QED) is 0.627. The van der Waals surface area contributed by atoms with E-state index >= 15 is 0 Å². The lowest BCUT2D eigenvalue weighted by atomic mass is 9.94. The summed E-state index contributed by atoms with van der Waals surface area (Å²) in [4.78, 5) is 21.8. The van der Waals surface area contributed by atoms with Crippen LogP contribution in [0, 0.1) is 5.82 Å². The fourth-order valence-corrected chi connectivity index (χ4v) is 3.57. The number of benzene rings is 2. The summed E-state index contributed by atoms with van der Waals surface area (Å²) >= 11 is 0. The second-order valence-corrected chi connectivity index (χ2v) is 7.52. The van der Waals surface area contributed by atoms with Gasteiger partial charge in [-0.1, -0.05) is 18.2 Å². The van der Waals surface area contributed by atoms with E-state index in [9.17, 15) is 14.3 Å². The number of imidazole rings is 1. The zero-order valence-electron chi connectivity index (χ0n) is 16.3. The maximum atomic E-state index is 14.3. The number of urea groups is 1. The van der Waals surface area contributed by atoms with Gasteiger partial charge >= 0.3 is 6.03 Å². The monoisotopic (exact) mass is 398 g/mol. The Morgan fingerprint density at radius 1 is 1.24 bits per heavy atom. The average molecular weight is 398 g/mol. The molecule has 0 bridgehead atoms. The zero-order chi connectivity index (χ0) is 20.6. The number of carbonyl (C=O) groups excluding carboxylic acids is 1. The molecule has 1 aliphatic heterocycles. The molecule has 1 fully saturated rings. The molecule has 152 valence electrons. The molecule has 7 nitrogen and oxygen atoms in total. The van der Waals surface area contributed by atoms with Crippen molar-refractivity contribution in [2.75, 3.05) is 25.5 Å². The van der Waals surface area contributed by atoms with E-state index in [0.29, 0.717) is 53.8 Å². The Bertz CT molecular complexity index is 1050. The highest BCUT2D eigenvalue weighted by molar-refractivity contribution is 5.98. The minimum absolute atomic E-state index is 0.254. The Kier molecular flexibility index (Phi) is 4.87. The smallest absolute Gasteiger partial charge is 0.324 e. The molecular formula is C21H23FN4O3. The van der Waals surface area contributed by atoms with Crippen molar-refractivity contribution >= 4 is 23.0 Å². The Labute approximate surface area is 167 Å². The number of nitrogens with one attached hydrogen (secondary N) is 2. The van der Waals surface area contributed by atoms with Crippen molar-refractivity contribution in [2.24, 2.45) is 0 Å². The predicted octanol–water partition coefficient (Wildman–Crippen LogP) is 3.76. The number of anilines is 1. The first-order chi connectivity index (χ1) is 13.9. The third kappa shape index (κ3) is 3.75. The topological polar surface area (TPSA) is 90.5 Å². The summed E-state index contributed by atoms with van der Waals surface area (Å²) in [6, 6.07) is 9.65. The number of methoxy groups -OCH3 is 1. The molecule has 3 aromatic rings. The van der Waals surface area contributed by atoms with E-state index in [1.165, 1.54) is 13.2 Å². The van der Waals surface area contributed by atoms with E-state index in [2.05, 4.69) is 15.3 Å². The van der Waals surface area contributed by atoms with Crippen molar-refractivity contribution in [2.45, 2.75) is 25.4 Å². The lowest BCUT2D eigenvalue weighted by molar-refractivity contribution is 0.00569. The molecule has 2 aromatic carbocycles. The standard InChI is InChI=1S/C21H23FN4O3/c1-21(28)9-11-26(12-10-21)20(27)25-19-23-17-14(13-5-3-4-6-15(13)22)7-8-16(29-2)18(17)24-19/h3-8,28H,9-12H2,1-2H3,(H2,23,24,25,27). The van der Waals surface area contributed by atoms with Crippen LogP contribution >= 0.6 is 0 Å². The molecule has 1 aliphatic rings. The number of likely N-dealkylation sites (tertiary alicyclic amines) is 1. The summed E-state index contributed by atoms with van der Waals surface area (Å²) in [7, 11) is 1.54. The van der Waals surface area contributed by atoms with Gasteiger partial charge in [-0.05, 0) is 38.0 Å². The molecule has 0 unspecified atom stereocenters. The Morgan fingerprint density at radius 3 is 2.66 bits per heavy atom. The number of rotatable bonds is 3. The number of hydrogen-bond donors (Lipinski definition) is 3. The maximum Gasteiger partial charge on any atom is 0.324 e. The molecule has 2 heterocycles. The number of amides is 2. The van der Waals surface area contributed by atoms with Crippen LogP contribution in [-0.4, -0.2) is 51.8 Å². The second kappa shape index (κ2) is 7.36. The van der Waals surface area contributed by atoms with Gasteiger partial charge in [0.15, 0.2) is 0 Å². The number of aromatic amines is 1. The highest BCUT2D eigenvalue weighted by Gasteiger charge is 2.30. The number of fused-ring (bicyclic) bond motifs is 1. The van der Waals surface area contributed by atoms with E-state index < -0.39 is 5.60 Å². The number of piperidine rings is 1. The normalized spacial score (nSPS) is 16.1. The number of halogens is 1. The second-order valence-electron chi connectivity index (χ2n) is 7.52. The van der Waals surface area contributed by atoms with E-state index in [1.54, 1.807) is 42.2 Å². The first kappa shape index (κ1) is 19.2. The fourth-order valence-electron chi connectivity index (χ4n) is 3.57. The van der Waals surface area contributed by atoms with Gasteiger partial charge in [0.05, 0.1) is 12.7 Å². The van der Waals surface area contributed by atoms with E-state index in [0.717, 1.165) is 0 Å². The van der Waals surface area contributed by atoms with Crippen LogP contribution in [0.3, 0.4) is 0 Å². The third-order valence-electron chi connectivity index (χ3n) is 5.34. The number of hydrogen-bond acceptors (Lipinski definition) is 4. The third-order valence-corrected chi connectivity index (χ3v) is 5.34. The number of carbonyl (C=O) groups is 1. The van der Waals surface area contributed by atoms with Crippen molar-refractivity contribution in [3.05, 3.63) is 42.2 Å². The van der Waals surface area contributed by atoms with Crippen LogP contribution in [0.1, 0.15) is 19.8 Å². The van der Waals surface area contributed by atoms with Crippen molar-refractivity contribution in [1.29, 1.82) is 0 Å². The van der Waals surface area contributed by atoms with Crippen molar-refractivity contribution in [3.8, 4) is 16.9 Å². The molecule has 29 heavy (non-hydrogen) atoms. The van der Waals surface area contributed by atoms with Gasteiger partial charge in [0.25, 0.3) is 0 Å². The van der Waals surface area contributed by atoms with Crippen LogP contribution in [0.5, 0.6) is 5.75 Å². The Morgan fingerprint density at radius 2 is 1.97 bits per heavy atom. The molecule has 0 radical (unpaired) electrons. The van der Waals surface area contributed by atoms with Crippen LogP contribution in [0.4, 0.5) is 15.1 Å². The summed E-state index contributed by atoms with van der Waals surface area (Å²) < 4.78 is 19.7. The average Bonchev–Trinajstić information content (AvgIpc) is 3.11. The number of aliphatic hydroxyl groups is 1. The number of ether oxygens (including phenoxy) is 1. The number of H-pyrrole nitrogens is 1. The van der Waals surface area contributed by atoms with Gasteiger partial charge in [0.1, 0.15) is 22.6 Å². The number of nitrogens with zero attached hydrogens (tertiary/aromatic N) is 2. The van der Waals surface area contributed by atoms with Crippen LogP contribution in [0.15, 0.2) is 36.4 Å². The molecule has 0 aliphatic carbocycles. The molecule has 2 amide bonds. The Balaban J connectivity index is 1.66. The molecule has 8 heteroatoms. The maximum absolute atomic E-state index is 14.3. The van der Waals surface area contributed by atoms with Crippen molar-refractivity contribution in [1.82, 2.24) is 14.9 Å². The van der Waals surface area contributed by atoms with Crippen LogP contribution in [-0.2, 0) is 0 Å². The highest BCUT2D eigenvalue weighted by atomic mass is 19.1. The minimum Gasteiger partial charge on any atom is -0.494 e. The van der Waals surface area contributed by atoms with Gasteiger partial charge in [-0.2, -0.15) is 0 Å². The van der Waals surface area contributed by atoms with Crippen molar-refractivity contribution in [3.63, 3.8) is 0 Å². The summed E-state index contributed by atoms with van der Waals surface area (Å²) in [5.41, 5.74) is 1.36. The summed E-state index contributed by atoms with van der Waals surface area (Å²) in [6.07, 6.45) is 1.04. The first-order valence-corrected chi connectivity index (χ1v) is 9.48. The van der Waals surface area contributed by atoms with Crippen LogP contribution < -0.4 is 10.1 Å². The van der Waals surface area contributed by atoms with Gasteiger partial charge in [0.2, 0.25) is 5.95 Å². The van der Waals surface area contributed by atoms with Crippen molar-refractivity contribution < 1.29 is 19.0 Å². The first-order valence-electron chi connectivity index (χ1n) is 9.48. The van der Waals surface area contributed by atoms with Gasteiger partial charge < -0.3 is 19.7 Å². The largest absolute Gasteiger partial charge is 0.494 e. The lowest BCUT2D eigenvalue weighted by Crippen LogP contribution is -2.46. The van der Waals surface area contributed by atoms with E-state index in [1.807, 2.05) is 0 Å². The molecule has 1 saturated heterocycles. The number of aromatic nitrogens is 2. The van der Waals surface area contributed by atoms with Crippen LogP contribution in [0.25, 0.3) is 22.2 Å². The zero-order valence-corrected chi connectivity index (χ0v) is 16.3. The fraction of sp³-hybridized carbons (Fsp3) is 0.333. The Hall–Kier alpha value is -3.13. The molecule has 0 spiro atoms. The molecule has 0 saturated carbocycles. The lowest BCUT2D eigenvalue weighted by Gasteiger charge is -2.35. The van der Waals surface area contributed by atoms with Crippen LogP contribution in [0.2, 0.25) is 0 Å². The molecule has 4 rings (SSSR count). The molecule has 1 aromatic heterocycles. The summed E-state index contributed by atoms with van der Waals surface area (Å²) in [6.45, 7) is 2.70. The van der Waals surface area contributed by atoms with E-state index in [4.69, 9.17) is 4.74 Å².